The molecule has 0 fully saturated rings. The third-order valence-electron chi connectivity index (χ3n) is 1.89. The third-order valence-corrected chi connectivity index (χ3v) is 1.89. The second-order valence-corrected chi connectivity index (χ2v) is 3.34. The number of hydrogen-bond acceptors (Lipinski definition) is 2. The number of nitrogens with one attached hydrogen (secondary N) is 1. The van der Waals surface area contributed by atoms with Crippen molar-refractivity contribution in [2.24, 2.45) is 0 Å². The van der Waals surface area contributed by atoms with Crippen LogP contribution in [-0.2, 0) is 4.79 Å². The van der Waals surface area contributed by atoms with Gasteiger partial charge in [0.15, 0.2) is 0 Å². The van der Waals surface area contributed by atoms with Crippen molar-refractivity contribution < 1.29 is 9.90 Å². The molecular formula is C12H15NO2. The van der Waals surface area contributed by atoms with E-state index in [0.717, 1.165) is 5.56 Å². The summed E-state index contributed by atoms with van der Waals surface area (Å²) in [4.78, 5) is 11.3. The number of aliphatic hydroxyl groups excluding tert-OH is 1. The maximum atomic E-state index is 11.3. The first kappa shape index (κ1) is 11.5. The van der Waals surface area contributed by atoms with Crippen LogP contribution in [0.1, 0.15) is 12.5 Å². The van der Waals surface area contributed by atoms with Gasteiger partial charge in [-0.25, -0.2) is 0 Å². The molecule has 1 rings (SSSR count). The van der Waals surface area contributed by atoms with Crippen LogP contribution >= 0.6 is 0 Å². The molecule has 0 aliphatic carbocycles. The number of hydrogen-bond donors (Lipinski definition) is 2. The van der Waals surface area contributed by atoms with Crippen molar-refractivity contribution in [1.29, 1.82) is 0 Å². The van der Waals surface area contributed by atoms with Gasteiger partial charge in [0.05, 0.1) is 6.61 Å². The Morgan fingerprint density at radius 1 is 1.47 bits per heavy atom. The smallest absolute Gasteiger partial charge is 0.244 e. The molecule has 0 aromatic heterocycles. The fourth-order valence-electron chi connectivity index (χ4n) is 1.07. The number of carbonyl (C=O) groups is 1. The normalized spacial score (nSPS) is 12.7. The van der Waals surface area contributed by atoms with Gasteiger partial charge in [0.25, 0.3) is 0 Å². The zero-order valence-electron chi connectivity index (χ0n) is 8.68. The average Bonchev–Trinajstić information content (AvgIpc) is 2.27. The number of carbonyl (C=O) groups excluding carboxylic acids is 1. The molecule has 0 aliphatic heterocycles. The van der Waals surface area contributed by atoms with Crippen molar-refractivity contribution in [3.8, 4) is 0 Å². The lowest BCUT2D eigenvalue weighted by Crippen LogP contribution is -2.33. The maximum Gasteiger partial charge on any atom is 0.244 e. The summed E-state index contributed by atoms with van der Waals surface area (Å²) in [6, 6.07) is 9.36. The highest BCUT2D eigenvalue weighted by Gasteiger charge is 2.01. The van der Waals surface area contributed by atoms with E-state index in [0.29, 0.717) is 0 Å². The summed E-state index contributed by atoms with van der Waals surface area (Å²) in [6.07, 6.45) is 3.20. The highest BCUT2D eigenvalue weighted by Crippen LogP contribution is 2.00. The van der Waals surface area contributed by atoms with E-state index >= 15 is 0 Å². The third kappa shape index (κ3) is 4.42. The molecule has 15 heavy (non-hydrogen) atoms. The van der Waals surface area contributed by atoms with Crippen molar-refractivity contribution in [3.63, 3.8) is 0 Å². The van der Waals surface area contributed by atoms with Crippen molar-refractivity contribution in [1.82, 2.24) is 5.32 Å². The Morgan fingerprint density at radius 2 is 2.13 bits per heavy atom. The second kappa shape index (κ2) is 5.98. The lowest BCUT2D eigenvalue weighted by atomic mass is 10.2. The predicted octanol–water partition coefficient (Wildman–Crippen LogP) is 1.20. The predicted molar refractivity (Wildman–Crippen MR) is 60.2 cm³/mol. The largest absolute Gasteiger partial charge is 0.394 e. The molecule has 0 bridgehead atoms. The average molecular weight is 205 g/mol. The van der Waals surface area contributed by atoms with Gasteiger partial charge in [0.1, 0.15) is 0 Å². The van der Waals surface area contributed by atoms with Gasteiger partial charge in [-0.05, 0) is 18.6 Å². The molecule has 0 saturated carbocycles. The zero-order chi connectivity index (χ0) is 11.1. The molecule has 80 valence electrons. The highest BCUT2D eigenvalue weighted by molar-refractivity contribution is 5.91. The van der Waals surface area contributed by atoms with E-state index < -0.39 is 0 Å². The molecule has 0 aliphatic rings. The van der Waals surface area contributed by atoms with Crippen LogP contribution in [-0.4, -0.2) is 23.7 Å². The van der Waals surface area contributed by atoms with Gasteiger partial charge in [-0.2, -0.15) is 0 Å². The van der Waals surface area contributed by atoms with E-state index in [4.69, 9.17) is 5.11 Å². The van der Waals surface area contributed by atoms with Crippen molar-refractivity contribution in [2.75, 3.05) is 6.61 Å². The van der Waals surface area contributed by atoms with Crippen LogP contribution in [0.25, 0.3) is 6.08 Å². The van der Waals surface area contributed by atoms with Gasteiger partial charge in [0.2, 0.25) is 5.91 Å². The Balaban J connectivity index is 2.48. The first-order valence-electron chi connectivity index (χ1n) is 4.87. The minimum Gasteiger partial charge on any atom is -0.394 e. The minimum absolute atomic E-state index is 0.0507. The molecule has 0 unspecified atom stereocenters. The van der Waals surface area contributed by atoms with Crippen LogP contribution in [0.2, 0.25) is 0 Å². The van der Waals surface area contributed by atoms with Crippen molar-refractivity contribution in [3.05, 3.63) is 42.0 Å². The van der Waals surface area contributed by atoms with E-state index in [2.05, 4.69) is 5.32 Å². The first-order valence-corrected chi connectivity index (χ1v) is 4.87. The number of amides is 1. The Hall–Kier alpha value is -1.61. The molecule has 1 aromatic rings. The van der Waals surface area contributed by atoms with Crippen LogP contribution in [0.4, 0.5) is 0 Å². The Labute approximate surface area is 89.4 Å². The molecule has 1 atom stereocenters. The van der Waals surface area contributed by atoms with E-state index in [1.54, 1.807) is 13.0 Å². The minimum atomic E-state index is -0.210. The number of aliphatic hydroxyl groups is 1. The maximum absolute atomic E-state index is 11.3. The molecule has 1 amide bonds. The van der Waals surface area contributed by atoms with E-state index in [1.165, 1.54) is 6.08 Å². The van der Waals surface area contributed by atoms with Crippen molar-refractivity contribution >= 4 is 12.0 Å². The molecular weight excluding hydrogens is 190 g/mol. The fourth-order valence-corrected chi connectivity index (χ4v) is 1.07. The van der Waals surface area contributed by atoms with Crippen molar-refractivity contribution in [2.45, 2.75) is 13.0 Å². The van der Waals surface area contributed by atoms with Gasteiger partial charge >= 0.3 is 0 Å². The van der Waals surface area contributed by atoms with Gasteiger partial charge < -0.3 is 10.4 Å². The Kier molecular flexibility index (Phi) is 4.57. The SMILES string of the molecule is C[C@H](CO)NC(=O)C=Cc1ccccc1. The lowest BCUT2D eigenvalue weighted by Gasteiger charge is -2.07. The fraction of sp³-hybridized carbons (Fsp3) is 0.250. The zero-order valence-corrected chi connectivity index (χ0v) is 8.68. The van der Waals surface area contributed by atoms with Gasteiger partial charge in [-0.1, -0.05) is 30.3 Å². The Bertz CT molecular complexity index is 333. The summed E-state index contributed by atoms with van der Waals surface area (Å²) in [6.45, 7) is 1.69. The van der Waals surface area contributed by atoms with Crippen LogP contribution in [0.15, 0.2) is 36.4 Å². The van der Waals surface area contributed by atoms with Crippen LogP contribution in [0.3, 0.4) is 0 Å². The summed E-state index contributed by atoms with van der Waals surface area (Å²) in [5.41, 5.74) is 0.976. The number of benzene rings is 1. The molecule has 0 radical (unpaired) electrons. The lowest BCUT2D eigenvalue weighted by molar-refractivity contribution is -0.117. The quantitative estimate of drug-likeness (QED) is 0.725. The van der Waals surface area contributed by atoms with E-state index in [9.17, 15) is 4.79 Å². The number of rotatable bonds is 4. The van der Waals surface area contributed by atoms with Crippen LogP contribution in [0.5, 0.6) is 0 Å². The molecule has 0 spiro atoms. The molecule has 3 nitrogen and oxygen atoms in total. The first-order chi connectivity index (χ1) is 7.22. The molecule has 1 aromatic carbocycles. The summed E-state index contributed by atoms with van der Waals surface area (Å²) >= 11 is 0. The Morgan fingerprint density at radius 3 is 2.73 bits per heavy atom. The summed E-state index contributed by atoms with van der Waals surface area (Å²) < 4.78 is 0. The molecule has 0 heterocycles. The summed E-state index contributed by atoms with van der Waals surface area (Å²) in [5, 5.41) is 11.4. The standard InChI is InChI=1S/C12H15NO2/c1-10(9-14)13-12(15)8-7-11-5-3-2-4-6-11/h2-8,10,14H,9H2,1H3,(H,13,15)/t10-/m1/s1. The van der Waals surface area contributed by atoms with Crippen LogP contribution in [0, 0.1) is 0 Å². The van der Waals surface area contributed by atoms with Crippen LogP contribution < -0.4 is 5.32 Å². The summed E-state index contributed by atoms with van der Waals surface area (Å²) in [7, 11) is 0. The highest BCUT2D eigenvalue weighted by atomic mass is 16.3. The monoisotopic (exact) mass is 205 g/mol. The topological polar surface area (TPSA) is 49.3 Å². The molecule has 0 saturated heterocycles. The van der Waals surface area contributed by atoms with E-state index in [1.807, 2.05) is 30.3 Å². The van der Waals surface area contributed by atoms with Gasteiger partial charge in [0, 0.05) is 12.1 Å². The van der Waals surface area contributed by atoms with E-state index in [-0.39, 0.29) is 18.6 Å². The summed E-state index contributed by atoms with van der Waals surface area (Å²) in [5.74, 6) is -0.194. The van der Waals surface area contributed by atoms with Gasteiger partial charge in [-0.15, -0.1) is 0 Å². The second-order valence-electron chi connectivity index (χ2n) is 3.34. The van der Waals surface area contributed by atoms with Gasteiger partial charge in [-0.3, -0.25) is 4.79 Å². The molecule has 3 heteroatoms. The molecule has 2 N–H and O–H groups in total.